The van der Waals surface area contributed by atoms with E-state index in [0.717, 1.165) is 37.5 Å². The van der Waals surface area contributed by atoms with Crippen LogP contribution >= 0.6 is 0 Å². The lowest BCUT2D eigenvalue weighted by Gasteiger charge is -2.40. The molecule has 22 heavy (non-hydrogen) atoms. The summed E-state index contributed by atoms with van der Waals surface area (Å²) in [5.41, 5.74) is 2.27. The van der Waals surface area contributed by atoms with Crippen LogP contribution in [0, 0.1) is 5.92 Å². The minimum atomic E-state index is 0.680. The zero-order chi connectivity index (χ0) is 15.1. The molecule has 114 valence electrons. The van der Waals surface area contributed by atoms with Gasteiger partial charge in [0.2, 0.25) is 5.95 Å². The summed E-state index contributed by atoms with van der Waals surface area (Å²) >= 11 is 0. The molecule has 0 aliphatic carbocycles. The summed E-state index contributed by atoms with van der Waals surface area (Å²) in [6.45, 7) is 5.35. The van der Waals surface area contributed by atoms with Crippen LogP contribution in [0.4, 0.5) is 5.95 Å². The van der Waals surface area contributed by atoms with Gasteiger partial charge in [-0.15, -0.1) is 0 Å². The van der Waals surface area contributed by atoms with E-state index in [1.807, 2.05) is 12.3 Å². The van der Waals surface area contributed by atoms with Crippen molar-refractivity contribution in [1.29, 1.82) is 0 Å². The van der Waals surface area contributed by atoms with E-state index in [9.17, 15) is 0 Å². The van der Waals surface area contributed by atoms with Crippen molar-refractivity contribution >= 4 is 17.0 Å². The SMILES string of the molecule is CCc1nccn1CC1CN(c2nc3ccccc3n2C)C1. The Balaban J connectivity index is 1.47. The maximum absolute atomic E-state index is 4.77. The molecule has 2 aromatic heterocycles. The van der Waals surface area contributed by atoms with Gasteiger partial charge in [-0.25, -0.2) is 9.97 Å². The van der Waals surface area contributed by atoms with Crippen LogP contribution in [0.2, 0.25) is 0 Å². The van der Waals surface area contributed by atoms with Gasteiger partial charge in [-0.2, -0.15) is 0 Å². The lowest BCUT2D eigenvalue weighted by atomic mass is 10.0. The van der Waals surface area contributed by atoms with Crippen molar-refractivity contribution in [3.05, 3.63) is 42.5 Å². The number of fused-ring (bicyclic) bond motifs is 1. The second kappa shape index (κ2) is 5.16. The summed E-state index contributed by atoms with van der Waals surface area (Å²) in [5.74, 6) is 2.94. The Bertz CT molecular complexity index is 794. The largest absolute Gasteiger partial charge is 0.341 e. The van der Waals surface area contributed by atoms with Crippen LogP contribution < -0.4 is 4.90 Å². The van der Waals surface area contributed by atoms with E-state index in [4.69, 9.17) is 4.98 Å². The molecule has 0 unspecified atom stereocenters. The average Bonchev–Trinajstić information content (AvgIpc) is 3.07. The molecule has 0 amide bonds. The smallest absolute Gasteiger partial charge is 0.206 e. The number of hydrogen-bond acceptors (Lipinski definition) is 3. The van der Waals surface area contributed by atoms with Crippen LogP contribution in [0.5, 0.6) is 0 Å². The Morgan fingerprint density at radius 2 is 2.05 bits per heavy atom. The second-order valence-corrected chi connectivity index (χ2v) is 6.08. The van der Waals surface area contributed by atoms with Crippen LogP contribution in [0.1, 0.15) is 12.7 Å². The minimum Gasteiger partial charge on any atom is -0.341 e. The van der Waals surface area contributed by atoms with Gasteiger partial charge in [0.05, 0.1) is 11.0 Å². The summed E-state index contributed by atoms with van der Waals surface area (Å²) < 4.78 is 4.48. The topological polar surface area (TPSA) is 38.9 Å². The van der Waals surface area contributed by atoms with Gasteiger partial charge in [0.1, 0.15) is 5.82 Å². The van der Waals surface area contributed by atoms with E-state index in [1.54, 1.807) is 0 Å². The fraction of sp³-hybridized carbons (Fsp3) is 0.412. The maximum atomic E-state index is 4.77. The van der Waals surface area contributed by atoms with Crippen molar-refractivity contribution in [3.8, 4) is 0 Å². The first-order valence-electron chi connectivity index (χ1n) is 7.92. The number of aryl methyl sites for hydroxylation is 2. The Labute approximate surface area is 130 Å². The van der Waals surface area contributed by atoms with Gasteiger partial charge >= 0.3 is 0 Å². The van der Waals surface area contributed by atoms with Crippen LogP contribution in [0.25, 0.3) is 11.0 Å². The first-order valence-corrected chi connectivity index (χ1v) is 7.92. The standard InChI is InChI=1S/C17H21N5/c1-3-16-18-8-9-21(16)10-13-11-22(12-13)17-19-14-6-4-5-7-15(14)20(17)2/h4-9,13H,3,10-12H2,1-2H3. The number of aromatic nitrogens is 4. The fourth-order valence-corrected chi connectivity index (χ4v) is 3.36. The van der Waals surface area contributed by atoms with Gasteiger partial charge in [0.15, 0.2) is 0 Å². The van der Waals surface area contributed by atoms with E-state index < -0.39 is 0 Å². The van der Waals surface area contributed by atoms with E-state index in [2.05, 4.69) is 57.4 Å². The highest BCUT2D eigenvalue weighted by Gasteiger charge is 2.30. The summed E-state index contributed by atoms with van der Waals surface area (Å²) in [4.78, 5) is 11.5. The second-order valence-electron chi connectivity index (χ2n) is 6.08. The predicted molar refractivity (Wildman–Crippen MR) is 88.0 cm³/mol. The summed E-state index contributed by atoms with van der Waals surface area (Å²) in [7, 11) is 2.10. The molecule has 0 spiro atoms. The molecule has 0 bridgehead atoms. The zero-order valence-corrected chi connectivity index (χ0v) is 13.1. The van der Waals surface area contributed by atoms with Crippen molar-refractivity contribution in [1.82, 2.24) is 19.1 Å². The molecule has 4 rings (SSSR count). The van der Waals surface area contributed by atoms with Gasteiger partial charge in [0, 0.05) is 51.4 Å². The molecular formula is C17H21N5. The number of nitrogens with zero attached hydrogens (tertiary/aromatic N) is 5. The summed E-state index contributed by atoms with van der Waals surface area (Å²) in [5, 5.41) is 0. The van der Waals surface area contributed by atoms with Crippen molar-refractivity contribution < 1.29 is 0 Å². The number of para-hydroxylation sites is 2. The van der Waals surface area contributed by atoms with E-state index in [-0.39, 0.29) is 0 Å². The molecule has 5 heteroatoms. The molecule has 1 aliphatic rings. The van der Waals surface area contributed by atoms with Crippen LogP contribution in [0.3, 0.4) is 0 Å². The molecule has 5 nitrogen and oxygen atoms in total. The van der Waals surface area contributed by atoms with Gasteiger partial charge < -0.3 is 14.0 Å². The number of imidazole rings is 2. The first-order chi connectivity index (χ1) is 10.8. The Kier molecular flexibility index (Phi) is 3.13. The normalized spacial score (nSPS) is 15.5. The predicted octanol–water partition coefficient (Wildman–Crippen LogP) is 2.47. The highest BCUT2D eigenvalue weighted by atomic mass is 15.3. The van der Waals surface area contributed by atoms with Gasteiger partial charge in [-0.3, -0.25) is 0 Å². The molecule has 0 atom stereocenters. The summed E-state index contributed by atoms with van der Waals surface area (Å²) in [6.07, 6.45) is 4.99. The van der Waals surface area contributed by atoms with Gasteiger partial charge in [-0.05, 0) is 12.1 Å². The monoisotopic (exact) mass is 295 g/mol. The molecule has 0 N–H and O–H groups in total. The number of hydrogen-bond donors (Lipinski definition) is 0. The van der Waals surface area contributed by atoms with Crippen molar-refractivity contribution in [3.63, 3.8) is 0 Å². The van der Waals surface area contributed by atoms with Crippen LogP contribution in [-0.2, 0) is 20.0 Å². The average molecular weight is 295 g/mol. The van der Waals surface area contributed by atoms with Crippen molar-refractivity contribution in [2.45, 2.75) is 19.9 Å². The van der Waals surface area contributed by atoms with Crippen molar-refractivity contribution in [2.75, 3.05) is 18.0 Å². The Morgan fingerprint density at radius 1 is 1.23 bits per heavy atom. The third kappa shape index (κ3) is 2.08. The van der Waals surface area contributed by atoms with Crippen molar-refractivity contribution in [2.24, 2.45) is 13.0 Å². The maximum Gasteiger partial charge on any atom is 0.206 e. The van der Waals surface area contributed by atoms with Gasteiger partial charge in [-0.1, -0.05) is 19.1 Å². The quantitative estimate of drug-likeness (QED) is 0.742. The molecule has 3 heterocycles. The Hall–Kier alpha value is -2.30. The minimum absolute atomic E-state index is 0.680. The third-order valence-electron chi connectivity index (χ3n) is 4.58. The van der Waals surface area contributed by atoms with Crippen LogP contribution in [-0.4, -0.2) is 32.2 Å². The molecule has 1 saturated heterocycles. The number of anilines is 1. The van der Waals surface area contributed by atoms with E-state index in [0.29, 0.717) is 5.92 Å². The van der Waals surface area contributed by atoms with E-state index in [1.165, 1.54) is 11.3 Å². The molecule has 1 aromatic carbocycles. The lowest BCUT2D eigenvalue weighted by Crippen LogP contribution is -2.49. The van der Waals surface area contributed by atoms with Gasteiger partial charge in [0.25, 0.3) is 0 Å². The zero-order valence-electron chi connectivity index (χ0n) is 13.1. The van der Waals surface area contributed by atoms with Crippen LogP contribution in [0.15, 0.2) is 36.7 Å². The lowest BCUT2D eigenvalue weighted by molar-refractivity contribution is 0.347. The Morgan fingerprint density at radius 3 is 2.82 bits per heavy atom. The molecular weight excluding hydrogens is 274 g/mol. The molecule has 1 fully saturated rings. The molecule has 3 aromatic rings. The molecule has 1 aliphatic heterocycles. The van der Waals surface area contributed by atoms with E-state index >= 15 is 0 Å². The highest BCUT2D eigenvalue weighted by molar-refractivity contribution is 5.78. The third-order valence-corrected chi connectivity index (χ3v) is 4.58. The number of rotatable bonds is 4. The first kappa shape index (κ1) is 13.4. The highest BCUT2D eigenvalue weighted by Crippen LogP contribution is 2.28. The fourth-order valence-electron chi connectivity index (χ4n) is 3.36. The molecule has 0 saturated carbocycles. The molecule has 0 radical (unpaired) electrons. The number of benzene rings is 1. The summed E-state index contributed by atoms with van der Waals surface area (Å²) in [6, 6.07) is 8.32.